The molecule has 25 heavy (non-hydrogen) atoms. The highest BCUT2D eigenvalue weighted by molar-refractivity contribution is 5.88. The maximum Gasteiger partial charge on any atom is 0.412 e. The third-order valence-electron chi connectivity index (χ3n) is 3.31. The van der Waals surface area contributed by atoms with Crippen LogP contribution in [-0.4, -0.2) is 30.9 Å². The first-order chi connectivity index (χ1) is 11.8. The number of amides is 1. The Bertz CT molecular complexity index is 724. The first-order valence-corrected chi connectivity index (χ1v) is 7.98. The van der Waals surface area contributed by atoms with Crippen molar-refractivity contribution in [3.05, 3.63) is 47.5 Å². The lowest BCUT2D eigenvalue weighted by molar-refractivity contribution is 0.0635. The predicted molar refractivity (Wildman–Crippen MR) is 96.4 cm³/mol. The Balaban J connectivity index is 2.39. The van der Waals surface area contributed by atoms with E-state index in [0.717, 1.165) is 11.1 Å². The molecule has 2 rings (SSSR count). The van der Waals surface area contributed by atoms with Gasteiger partial charge in [-0.3, -0.25) is 5.32 Å². The van der Waals surface area contributed by atoms with E-state index in [2.05, 4.69) is 10.3 Å². The number of aromatic nitrogens is 1. The summed E-state index contributed by atoms with van der Waals surface area (Å²) in [6, 6.07) is 11.7. The summed E-state index contributed by atoms with van der Waals surface area (Å²) < 4.78 is 15.9. The van der Waals surface area contributed by atoms with E-state index in [9.17, 15) is 4.79 Å². The lowest BCUT2D eigenvalue weighted by Gasteiger charge is -2.21. The Kier molecular flexibility index (Phi) is 5.85. The number of nitrogens with one attached hydrogen (secondary N) is 1. The minimum absolute atomic E-state index is 0.274. The number of carbonyl (C=O) groups excluding carboxylic acids is 1. The van der Waals surface area contributed by atoms with Crippen LogP contribution in [0.3, 0.4) is 0 Å². The van der Waals surface area contributed by atoms with E-state index in [1.807, 2.05) is 30.3 Å². The molecule has 0 unspecified atom stereocenters. The fourth-order valence-electron chi connectivity index (χ4n) is 2.29. The van der Waals surface area contributed by atoms with Gasteiger partial charge in [0.25, 0.3) is 0 Å². The van der Waals surface area contributed by atoms with Crippen LogP contribution >= 0.6 is 0 Å². The van der Waals surface area contributed by atoms with E-state index < -0.39 is 11.7 Å². The van der Waals surface area contributed by atoms with Gasteiger partial charge in [-0.15, -0.1) is 0 Å². The van der Waals surface area contributed by atoms with Gasteiger partial charge in [0.2, 0.25) is 11.8 Å². The molecule has 0 bridgehead atoms. The Hall–Kier alpha value is -2.76. The molecular formula is C19H24N2O4. The number of hydrogen-bond donors (Lipinski definition) is 1. The lowest BCUT2D eigenvalue weighted by Crippen LogP contribution is -2.27. The zero-order valence-electron chi connectivity index (χ0n) is 15.3. The highest BCUT2D eigenvalue weighted by Crippen LogP contribution is 2.32. The van der Waals surface area contributed by atoms with E-state index in [1.54, 1.807) is 26.8 Å². The molecule has 1 aromatic carbocycles. The molecule has 0 saturated carbocycles. The van der Waals surface area contributed by atoms with Gasteiger partial charge in [-0.1, -0.05) is 30.3 Å². The average Bonchev–Trinajstić information content (AvgIpc) is 2.55. The second-order valence-corrected chi connectivity index (χ2v) is 6.50. The van der Waals surface area contributed by atoms with Crippen LogP contribution in [0.25, 0.3) is 0 Å². The largest absolute Gasteiger partial charge is 0.481 e. The summed E-state index contributed by atoms with van der Waals surface area (Å²) in [4.78, 5) is 16.5. The number of ether oxygens (including phenoxy) is 3. The molecule has 0 aliphatic carbocycles. The summed E-state index contributed by atoms with van der Waals surface area (Å²) in [6.07, 6.45) is 0.0216. The van der Waals surface area contributed by atoms with Crippen LogP contribution in [0.5, 0.6) is 11.8 Å². The number of nitrogens with zero attached hydrogens (tertiary/aromatic N) is 1. The Morgan fingerprint density at radius 1 is 1.12 bits per heavy atom. The van der Waals surface area contributed by atoms with Crippen molar-refractivity contribution in [2.45, 2.75) is 32.8 Å². The molecule has 0 radical (unpaired) electrons. The molecule has 0 aliphatic rings. The van der Waals surface area contributed by atoms with E-state index in [0.29, 0.717) is 18.0 Å². The van der Waals surface area contributed by atoms with Crippen LogP contribution in [0, 0.1) is 0 Å². The van der Waals surface area contributed by atoms with Crippen molar-refractivity contribution in [2.75, 3.05) is 19.5 Å². The van der Waals surface area contributed by atoms with Crippen molar-refractivity contribution in [2.24, 2.45) is 0 Å². The molecule has 6 nitrogen and oxygen atoms in total. The Morgan fingerprint density at radius 2 is 1.80 bits per heavy atom. The average molecular weight is 344 g/mol. The number of carbonyl (C=O) groups is 1. The zero-order chi connectivity index (χ0) is 18.4. The molecule has 1 amide bonds. The van der Waals surface area contributed by atoms with Gasteiger partial charge >= 0.3 is 6.09 Å². The lowest BCUT2D eigenvalue weighted by atomic mass is 10.0. The fourth-order valence-corrected chi connectivity index (χ4v) is 2.29. The summed E-state index contributed by atoms with van der Waals surface area (Å²) in [6.45, 7) is 5.42. The quantitative estimate of drug-likeness (QED) is 0.886. The minimum Gasteiger partial charge on any atom is -0.481 e. The van der Waals surface area contributed by atoms with Crippen molar-refractivity contribution < 1.29 is 19.0 Å². The van der Waals surface area contributed by atoms with Gasteiger partial charge in [-0.2, -0.15) is 4.98 Å². The van der Waals surface area contributed by atoms with Crippen LogP contribution in [0.15, 0.2) is 36.4 Å². The first kappa shape index (κ1) is 18.6. The Labute approximate surface area is 148 Å². The van der Waals surface area contributed by atoms with Crippen molar-refractivity contribution in [3.8, 4) is 11.8 Å². The number of benzene rings is 1. The maximum atomic E-state index is 12.2. The van der Waals surface area contributed by atoms with Crippen LogP contribution in [-0.2, 0) is 11.2 Å². The van der Waals surface area contributed by atoms with Gasteiger partial charge in [0.1, 0.15) is 11.3 Å². The summed E-state index contributed by atoms with van der Waals surface area (Å²) in [7, 11) is 3.03. The normalized spacial score (nSPS) is 10.9. The number of methoxy groups -OCH3 is 2. The highest BCUT2D eigenvalue weighted by atomic mass is 16.6. The molecule has 2 aromatic rings. The van der Waals surface area contributed by atoms with Crippen molar-refractivity contribution in [1.29, 1.82) is 0 Å². The van der Waals surface area contributed by atoms with Gasteiger partial charge < -0.3 is 14.2 Å². The third-order valence-corrected chi connectivity index (χ3v) is 3.31. The summed E-state index contributed by atoms with van der Waals surface area (Å²) >= 11 is 0. The number of anilines is 1. The van der Waals surface area contributed by atoms with Crippen molar-refractivity contribution in [1.82, 2.24) is 4.98 Å². The highest BCUT2D eigenvalue weighted by Gasteiger charge is 2.21. The number of pyridine rings is 1. The second kappa shape index (κ2) is 7.88. The smallest absolute Gasteiger partial charge is 0.412 e. The molecule has 6 heteroatoms. The van der Waals surface area contributed by atoms with E-state index >= 15 is 0 Å². The van der Waals surface area contributed by atoms with Gasteiger partial charge in [0.05, 0.1) is 14.2 Å². The maximum absolute atomic E-state index is 12.2. The van der Waals surface area contributed by atoms with Gasteiger partial charge in [0.15, 0.2) is 0 Å². The van der Waals surface area contributed by atoms with Crippen LogP contribution in [0.2, 0.25) is 0 Å². The molecule has 1 N–H and O–H groups in total. The molecule has 0 spiro atoms. The summed E-state index contributed by atoms with van der Waals surface area (Å²) in [5.41, 5.74) is 1.78. The molecule has 0 aliphatic heterocycles. The first-order valence-electron chi connectivity index (χ1n) is 7.98. The third kappa shape index (κ3) is 5.38. The van der Waals surface area contributed by atoms with Crippen LogP contribution in [0.4, 0.5) is 10.5 Å². The fraction of sp³-hybridized carbons (Fsp3) is 0.368. The molecule has 1 heterocycles. The van der Waals surface area contributed by atoms with Crippen LogP contribution < -0.4 is 14.8 Å². The monoisotopic (exact) mass is 344 g/mol. The minimum atomic E-state index is -0.600. The second-order valence-electron chi connectivity index (χ2n) is 6.50. The Morgan fingerprint density at radius 3 is 2.36 bits per heavy atom. The molecule has 0 fully saturated rings. The topological polar surface area (TPSA) is 69.7 Å². The summed E-state index contributed by atoms with van der Waals surface area (Å²) in [5.74, 6) is 0.689. The molecular weight excluding hydrogens is 320 g/mol. The van der Waals surface area contributed by atoms with Crippen molar-refractivity contribution in [3.63, 3.8) is 0 Å². The van der Waals surface area contributed by atoms with E-state index in [4.69, 9.17) is 14.2 Å². The standard InChI is InChI=1S/C19H24N2O4/c1-19(2,3)25-18(22)21-16-14(11-13-9-7-6-8-10-13)12-15(23-4)20-17(16)24-5/h6-10,12H,11H2,1-5H3,(H,21,22). The number of hydrogen-bond acceptors (Lipinski definition) is 5. The molecule has 0 saturated heterocycles. The van der Waals surface area contributed by atoms with Crippen molar-refractivity contribution >= 4 is 11.8 Å². The molecule has 1 aromatic heterocycles. The van der Waals surface area contributed by atoms with Crippen LogP contribution in [0.1, 0.15) is 31.9 Å². The van der Waals surface area contributed by atoms with Gasteiger partial charge in [-0.05, 0) is 38.3 Å². The van der Waals surface area contributed by atoms with E-state index in [1.165, 1.54) is 14.2 Å². The molecule has 134 valence electrons. The predicted octanol–water partition coefficient (Wildman–Crippen LogP) is 4.04. The van der Waals surface area contributed by atoms with E-state index in [-0.39, 0.29) is 5.88 Å². The van der Waals surface area contributed by atoms with Gasteiger partial charge in [0, 0.05) is 6.07 Å². The van der Waals surface area contributed by atoms with Gasteiger partial charge in [-0.25, -0.2) is 4.79 Å². The molecule has 0 atom stereocenters. The zero-order valence-corrected chi connectivity index (χ0v) is 15.3. The number of rotatable bonds is 5. The summed E-state index contributed by atoms with van der Waals surface area (Å²) in [5, 5.41) is 2.75. The SMILES string of the molecule is COc1cc(Cc2ccccc2)c(NC(=O)OC(C)(C)C)c(OC)n1.